The van der Waals surface area contributed by atoms with Crippen LogP contribution in [0.5, 0.6) is 11.5 Å². The summed E-state index contributed by atoms with van der Waals surface area (Å²) in [6.07, 6.45) is 0.754. The Balaban J connectivity index is 1.98. The molecular weight excluding hydrogens is 585 g/mol. The fraction of sp³-hybridized carbons (Fsp3) is 0.241. The molecule has 0 aliphatic rings. The van der Waals surface area contributed by atoms with E-state index in [2.05, 4.69) is 27.9 Å². The Morgan fingerprint density at radius 1 is 0.892 bits per heavy atom. The van der Waals surface area contributed by atoms with E-state index in [-0.39, 0.29) is 12.3 Å². The second-order valence-electron chi connectivity index (χ2n) is 9.05. The van der Waals surface area contributed by atoms with Crippen LogP contribution in [-0.2, 0) is 20.9 Å². The normalized spacial score (nSPS) is 11.5. The van der Waals surface area contributed by atoms with Gasteiger partial charge in [-0.05, 0) is 90.4 Å². The van der Waals surface area contributed by atoms with E-state index in [4.69, 9.17) is 18.9 Å². The van der Waals surface area contributed by atoms with Crippen molar-refractivity contribution in [1.29, 1.82) is 0 Å². The lowest BCUT2D eigenvalue weighted by molar-refractivity contribution is -0.140. The standard InChI is InChI=1S/C29H30INO6/c1-29(2,3)37-28(33)31-24(27(32)36-18-19-9-7-6-8-10-19)17-22-15-20(11-13-25(22)34-4)21-12-14-26(35-5)23(30)16-21/h6-17H,18H2,1-5H3,(H,31,33)/b24-17-. The molecule has 8 heteroatoms. The number of carbonyl (C=O) groups is 2. The molecule has 0 radical (unpaired) electrons. The zero-order valence-corrected chi connectivity index (χ0v) is 23.6. The molecule has 0 aromatic heterocycles. The molecule has 0 heterocycles. The van der Waals surface area contributed by atoms with Crippen LogP contribution in [0.1, 0.15) is 31.9 Å². The Morgan fingerprint density at radius 3 is 2.11 bits per heavy atom. The molecule has 1 amide bonds. The third-order valence-electron chi connectivity index (χ3n) is 5.08. The molecule has 0 saturated heterocycles. The average molecular weight is 615 g/mol. The summed E-state index contributed by atoms with van der Waals surface area (Å²) in [6.45, 7) is 5.28. The maximum absolute atomic E-state index is 13.1. The summed E-state index contributed by atoms with van der Waals surface area (Å²) in [6, 6.07) is 20.7. The molecule has 3 aromatic rings. The Kier molecular flexibility index (Phi) is 9.57. The van der Waals surface area contributed by atoms with Crippen molar-refractivity contribution in [3.05, 3.63) is 87.1 Å². The zero-order valence-electron chi connectivity index (χ0n) is 21.5. The molecular formula is C29H30INO6. The van der Waals surface area contributed by atoms with Crippen LogP contribution in [0.4, 0.5) is 4.79 Å². The summed E-state index contributed by atoms with van der Waals surface area (Å²) in [5.74, 6) is 0.593. The number of hydrogen-bond donors (Lipinski definition) is 1. The highest BCUT2D eigenvalue weighted by molar-refractivity contribution is 14.1. The van der Waals surface area contributed by atoms with Crippen molar-refractivity contribution < 1.29 is 28.5 Å². The van der Waals surface area contributed by atoms with Gasteiger partial charge >= 0.3 is 12.1 Å². The van der Waals surface area contributed by atoms with Crippen molar-refractivity contribution in [2.75, 3.05) is 14.2 Å². The Hall–Kier alpha value is -3.53. The molecule has 1 N–H and O–H groups in total. The number of nitrogens with one attached hydrogen (secondary N) is 1. The molecule has 0 spiro atoms. The fourth-order valence-electron chi connectivity index (χ4n) is 3.39. The molecule has 0 bridgehead atoms. The monoisotopic (exact) mass is 615 g/mol. The highest BCUT2D eigenvalue weighted by Crippen LogP contribution is 2.31. The molecule has 0 atom stereocenters. The summed E-state index contributed by atoms with van der Waals surface area (Å²) in [5, 5.41) is 2.54. The number of hydrogen-bond acceptors (Lipinski definition) is 6. The second kappa shape index (κ2) is 12.6. The summed E-state index contributed by atoms with van der Waals surface area (Å²) in [5.41, 5.74) is 2.42. The number of alkyl carbamates (subject to hydrolysis) is 1. The SMILES string of the molecule is COc1ccc(-c2ccc(OC)c(/C=C(\NC(=O)OC(C)(C)C)C(=O)OCc3ccccc3)c2)cc1I. The fourth-order valence-corrected chi connectivity index (χ4v) is 4.12. The van der Waals surface area contributed by atoms with E-state index in [1.807, 2.05) is 60.7 Å². The van der Waals surface area contributed by atoms with Crippen molar-refractivity contribution in [3.8, 4) is 22.6 Å². The Labute approximate surface area is 230 Å². The van der Waals surface area contributed by atoms with Crippen molar-refractivity contribution >= 4 is 40.7 Å². The molecule has 0 unspecified atom stereocenters. The topological polar surface area (TPSA) is 83.1 Å². The first-order chi connectivity index (χ1) is 17.6. The molecule has 194 valence electrons. The number of amides is 1. The van der Waals surface area contributed by atoms with E-state index in [9.17, 15) is 9.59 Å². The van der Waals surface area contributed by atoms with Gasteiger partial charge in [0, 0.05) is 5.56 Å². The van der Waals surface area contributed by atoms with E-state index in [1.54, 1.807) is 33.9 Å². The largest absolute Gasteiger partial charge is 0.496 e. The van der Waals surface area contributed by atoms with Crippen LogP contribution >= 0.6 is 22.6 Å². The predicted octanol–water partition coefficient (Wildman–Crippen LogP) is 6.58. The molecule has 0 aliphatic carbocycles. The molecule has 3 aromatic carbocycles. The lowest BCUT2D eigenvalue weighted by atomic mass is 10.0. The maximum atomic E-state index is 13.1. The predicted molar refractivity (Wildman–Crippen MR) is 151 cm³/mol. The van der Waals surface area contributed by atoms with Gasteiger partial charge in [-0.1, -0.05) is 42.5 Å². The molecule has 0 fully saturated rings. The van der Waals surface area contributed by atoms with Crippen molar-refractivity contribution in [2.45, 2.75) is 33.0 Å². The van der Waals surface area contributed by atoms with E-state index < -0.39 is 17.7 Å². The minimum Gasteiger partial charge on any atom is -0.496 e. The summed E-state index contributed by atoms with van der Waals surface area (Å²) in [4.78, 5) is 25.6. The number of esters is 1. The van der Waals surface area contributed by atoms with Crippen LogP contribution in [0.2, 0.25) is 0 Å². The van der Waals surface area contributed by atoms with Gasteiger partial charge in [0.1, 0.15) is 29.4 Å². The number of methoxy groups -OCH3 is 2. The molecule has 7 nitrogen and oxygen atoms in total. The first kappa shape index (κ1) is 28.0. The zero-order chi connectivity index (χ0) is 27.0. The quantitative estimate of drug-likeness (QED) is 0.175. The summed E-state index contributed by atoms with van der Waals surface area (Å²) >= 11 is 2.22. The molecule has 0 aliphatic heterocycles. The number of halogens is 1. The van der Waals surface area contributed by atoms with Gasteiger partial charge in [0.25, 0.3) is 0 Å². The highest BCUT2D eigenvalue weighted by atomic mass is 127. The number of rotatable bonds is 8. The first-order valence-electron chi connectivity index (χ1n) is 11.5. The van der Waals surface area contributed by atoms with E-state index in [0.29, 0.717) is 11.3 Å². The van der Waals surface area contributed by atoms with Crippen LogP contribution in [0, 0.1) is 3.57 Å². The lowest BCUT2D eigenvalue weighted by Crippen LogP contribution is -2.34. The Morgan fingerprint density at radius 2 is 1.51 bits per heavy atom. The Bertz CT molecular complexity index is 1280. The van der Waals surface area contributed by atoms with Gasteiger partial charge < -0.3 is 18.9 Å². The van der Waals surface area contributed by atoms with Gasteiger partial charge in [-0.3, -0.25) is 5.32 Å². The van der Waals surface area contributed by atoms with E-state index in [0.717, 1.165) is 26.0 Å². The van der Waals surface area contributed by atoms with Gasteiger partial charge in [-0.15, -0.1) is 0 Å². The maximum Gasteiger partial charge on any atom is 0.412 e. The first-order valence-corrected chi connectivity index (χ1v) is 12.6. The van der Waals surface area contributed by atoms with Gasteiger partial charge in [0.15, 0.2) is 0 Å². The molecule has 37 heavy (non-hydrogen) atoms. The number of ether oxygens (including phenoxy) is 4. The third kappa shape index (κ3) is 8.24. The highest BCUT2D eigenvalue weighted by Gasteiger charge is 2.21. The van der Waals surface area contributed by atoms with Gasteiger partial charge in [-0.2, -0.15) is 0 Å². The minimum absolute atomic E-state index is 0.0501. The van der Waals surface area contributed by atoms with Crippen LogP contribution in [0.15, 0.2) is 72.4 Å². The number of carbonyl (C=O) groups excluding carboxylic acids is 2. The lowest BCUT2D eigenvalue weighted by Gasteiger charge is -2.20. The van der Waals surface area contributed by atoms with E-state index >= 15 is 0 Å². The number of benzene rings is 3. The van der Waals surface area contributed by atoms with Gasteiger partial charge in [-0.25, -0.2) is 9.59 Å². The van der Waals surface area contributed by atoms with Crippen molar-refractivity contribution in [3.63, 3.8) is 0 Å². The van der Waals surface area contributed by atoms with Crippen LogP contribution in [0.3, 0.4) is 0 Å². The van der Waals surface area contributed by atoms with Crippen LogP contribution in [-0.4, -0.2) is 31.9 Å². The smallest absolute Gasteiger partial charge is 0.412 e. The minimum atomic E-state index is -0.768. The third-order valence-corrected chi connectivity index (χ3v) is 5.93. The average Bonchev–Trinajstić information content (AvgIpc) is 2.86. The van der Waals surface area contributed by atoms with Gasteiger partial charge in [0.05, 0.1) is 17.8 Å². The van der Waals surface area contributed by atoms with Crippen molar-refractivity contribution in [1.82, 2.24) is 5.32 Å². The van der Waals surface area contributed by atoms with Crippen LogP contribution < -0.4 is 14.8 Å². The molecule has 0 saturated carbocycles. The second-order valence-corrected chi connectivity index (χ2v) is 10.2. The van der Waals surface area contributed by atoms with Gasteiger partial charge in [0.2, 0.25) is 0 Å². The summed E-state index contributed by atoms with van der Waals surface area (Å²) < 4.78 is 22.7. The summed E-state index contributed by atoms with van der Waals surface area (Å²) in [7, 11) is 3.17. The van der Waals surface area contributed by atoms with E-state index in [1.165, 1.54) is 13.2 Å². The van der Waals surface area contributed by atoms with Crippen LogP contribution in [0.25, 0.3) is 17.2 Å². The molecule has 3 rings (SSSR count). The van der Waals surface area contributed by atoms with Crippen molar-refractivity contribution in [2.24, 2.45) is 0 Å².